The smallest absolute Gasteiger partial charge is 0.423 e. The fourth-order valence-corrected chi connectivity index (χ4v) is 2.15. The molecule has 0 aromatic carbocycles. The zero-order valence-electron chi connectivity index (χ0n) is 6.84. The minimum Gasteiger partial charge on any atom is -0.464 e. The SMILES string of the molecule is COC[C@H]1COS(=O)(=O)N1C(=O)O. The van der Waals surface area contributed by atoms with Crippen molar-refractivity contribution in [3.63, 3.8) is 0 Å². The summed E-state index contributed by atoms with van der Waals surface area (Å²) in [6.45, 7) is -0.200. The van der Waals surface area contributed by atoms with Crippen molar-refractivity contribution in [2.45, 2.75) is 6.04 Å². The van der Waals surface area contributed by atoms with E-state index in [-0.39, 0.29) is 17.5 Å². The molecule has 0 spiro atoms. The molecule has 8 heteroatoms. The molecule has 13 heavy (non-hydrogen) atoms. The molecule has 1 atom stereocenters. The molecule has 0 unspecified atom stereocenters. The predicted octanol–water partition coefficient (Wildman–Crippen LogP) is -0.744. The first-order valence-electron chi connectivity index (χ1n) is 3.39. The molecule has 0 radical (unpaired) electrons. The lowest BCUT2D eigenvalue weighted by atomic mass is 10.3. The van der Waals surface area contributed by atoms with Gasteiger partial charge >= 0.3 is 16.4 Å². The van der Waals surface area contributed by atoms with E-state index in [0.29, 0.717) is 0 Å². The van der Waals surface area contributed by atoms with Gasteiger partial charge in [-0.2, -0.15) is 12.7 Å². The zero-order chi connectivity index (χ0) is 10.1. The van der Waals surface area contributed by atoms with Gasteiger partial charge in [-0.05, 0) is 0 Å². The van der Waals surface area contributed by atoms with Gasteiger partial charge in [0.1, 0.15) is 6.04 Å². The minimum absolute atomic E-state index is 0.00840. The second-order valence-corrected chi connectivity index (χ2v) is 3.91. The third-order valence-electron chi connectivity index (χ3n) is 1.53. The highest BCUT2D eigenvalue weighted by Gasteiger charge is 2.42. The maximum atomic E-state index is 11.0. The summed E-state index contributed by atoms with van der Waals surface area (Å²) in [5.74, 6) is 0. The molecular weight excluding hydrogens is 202 g/mol. The number of carbonyl (C=O) groups is 1. The lowest BCUT2D eigenvalue weighted by molar-refractivity contribution is 0.118. The summed E-state index contributed by atoms with van der Waals surface area (Å²) < 4.78 is 31.1. The second kappa shape index (κ2) is 3.48. The van der Waals surface area contributed by atoms with Crippen LogP contribution < -0.4 is 0 Å². The molecule has 1 fully saturated rings. The van der Waals surface area contributed by atoms with Crippen LogP contribution in [0.15, 0.2) is 0 Å². The molecule has 1 N–H and O–H groups in total. The zero-order valence-corrected chi connectivity index (χ0v) is 7.65. The van der Waals surface area contributed by atoms with Crippen LogP contribution in [0.1, 0.15) is 0 Å². The van der Waals surface area contributed by atoms with Crippen LogP contribution in [0.25, 0.3) is 0 Å². The number of methoxy groups -OCH3 is 1. The first-order chi connectivity index (χ1) is 5.99. The van der Waals surface area contributed by atoms with Gasteiger partial charge in [0.05, 0.1) is 13.2 Å². The van der Waals surface area contributed by atoms with E-state index >= 15 is 0 Å². The van der Waals surface area contributed by atoms with Gasteiger partial charge in [0.2, 0.25) is 0 Å². The van der Waals surface area contributed by atoms with Crippen molar-refractivity contribution in [3.05, 3.63) is 0 Å². The summed E-state index contributed by atoms with van der Waals surface area (Å²) in [7, 11) is -2.75. The van der Waals surface area contributed by atoms with Gasteiger partial charge in [0, 0.05) is 7.11 Å². The van der Waals surface area contributed by atoms with E-state index in [1.54, 1.807) is 0 Å². The van der Waals surface area contributed by atoms with E-state index in [2.05, 4.69) is 8.92 Å². The number of ether oxygens (including phenoxy) is 1. The van der Waals surface area contributed by atoms with E-state index in [1.165, 1.54) is 7.11 Å². The van der Waals surface area contributed by atoms with Gasteiger partial charge in [0.25, 0.3) is 0 Å². The largest absolute Gasteiger partial charge is 0.464 e. The van der Waals surface area contributed by atoms with Crippen LogP contribution in [0.3, 0.4) is 0 Å². The van der Waals surface area contributed by atoms with Crippen molar-refractivity contribution in [2.24, 2.45) is 0 Å². The highest BCUT2D eigenvalue weighted by Crippen LogP contribution is 2.18. The maximum Gasteiger partial charge on any atom is 0.423 e. The highest BCUT2D eigenvalue weighted by atomic mass is 32.2. The van der Waals surface area contributed by atoms with Crippen molar-refractivity contribution >= 4 is 16.4 Å². The van der Waals surface area contributed by atoms with Gasteiger partial charge in [0.15, 0.2) is 0 Å². The molecule has 0 aliphatic carbocycles. The number of rotatable bonds is 2. The van der Waals surface area contributed by atoms with Gasteiger partial charge < -0.3 is 9.84 Å². The Kier molecular flexibility index (Phi) is 2.74. The lowest BCUT2D eigenvalue weighted by Gasteiger charge is -2.15. The quantitative estimate of drug-likeness (QED) is 0.646. The van der Waals surface area contributed by atoms with Crippen molar-refractivity contribution in [3.8, 4) is 0 Å². The highest BCUT2D eigenvalue weighted by molar-refractivity contribution is 7.85. The molecule has 1 heterocycles. The molecule has 1 amide bonds. The Morgan fingerprint density at radius 1 is 1.77 bits per heavy atom. The molecule has 1 rings (SSSR count). The van der Waals surface area contributed by atoms with Gasteiger partial charge in [-0.3, -0.25) is 4.18 Å². The first-order valence-corrected chi connectivity index (χ1v) is 4.76. The standard InChI is InChI=1S/C5H9NO6S/c1-11-2-4-3-12-13(9,10)6(4)5(7)8/h4H,2-3H2,1H3,(H,7,8)/t4-/m0/s1. The topological polar surface area (TPSA) is 93.1 Å². The normalized spacial score (nSPS) is 26.2. The van der Waals surface area contributed by atoms with Crippen LogP contribution in [0, 0.1) is 0 Å². The van der Waals surface area contributed by atoms with Crippen molar-refractivity contribution < 1.29 is 27.2 Å². The summed E-state index contributed by atoms with van der Waals surface area (Å²) in [4.78, 5) is 10.5. The number of carboxylic acid groups (broad SMARTS) is 1. The third-order valence-corrected chi connectivity index (χ3v) is 2.90. The number of hydrogen-bond acceptors (Lipinski definition) is 5. The number of amides is 1. The van der Waals surface area contributed by atoms with Crippen LogP contribution in [0.4, 0.5) is 4.79 Å². The summed E-state index contributed by atoms with van der Waals surface area (Å²) >= 11 is 0. The molecule has 1 aliphatic heterocycles. The van der Waals surface area contributed by atoms with E-state index in [1.807, 2.05) is 0 Å². The summed E-state index contributed by atoms with van der Waals surface area (Å²) in [6.07, 6.45) is -1.56. The average Bonchev–Trinajstić information content (AvgIpc) is 2.26. The van der Waals surface area contributed by atoms with E-state index < -0.39 is 22.4 Å². The van der Waals surface area contributed by atoms with E-state index in [0.717, 1.165) is 0 Å². The fourth-order valence-electron chi connectivity index (χ4n) is 1.03. The van der Waals surface area contributed by atoms with Gasteiger partial charge in [-0.1, -0.05) is 0 Å². The van der Waals surface area contributed by atoms with Crippen LogP contribution in [0.2, 0.25) is 0 Å². The summed E-state index contributed by atoms with van der Waals surface area (Å²) in [5.41, 5.74) is 0. The molecule has 1 aliphatic rings. The van der Waals surface area contributed by atoms with Crippen LogP contribution in [-0.2, 0) is 19.2 Å². The van der Waals surface area contributed by atoms with Gasteiger partial charge in [-0.15, -0.1) is 0 Å². The molecule has 0 aromatic heterocycles. The number of nitrogens with zero attached hydrogens (tertiary/aromatic N) is 1. The van der Waals surface area contributed by atoms with Crippen molar-refractivity contribution in [1.82, 2.24) is 4.31 Å². The maximum absolute atomic E-state index is 11.0. The van der Waals surface area contributed by atoms with E-state index in [4.69, 9.17) is 5.11 Å². The van der Waals surface area contributed by atoms with Crippen molar-refractivity contribution in [1.29, 1.82) is 0 Å². The first kappa shape index (κ1) is 10.2. The van der Waals surface area contributed by atoms with Crippen LogP contribution in [-0.4, -0.2) is 50.3 Å². The molecule has 0 bridgehead atoms. The molecule has 0 aromatic rings. The molecule has 0 saturated carbocycles. The molecular formula is C5H9NO6S. The van der Waals surface area contributed by atoms with Gasteiger partial charge in [-0.25, -0.2) is 4.79 Å². The Hall–Kier alpha value is -0.860. The Labute approximate surface area is 75.1 Å². The predicted molar refractivity (Wildman–Crippen MR) is 40.4 cm³/mol. The monoisotopic (exact) mass is 211 g/mol. The molecule has 7 nitrogen and oxygen atoms in total. The van der Waals surface area contributed by atoms with Crippen LogP contribution >= 0.6 is 0 Å². The van der Waals surface area contributed by atoms with Crippen molar-refractivity contribution in [2.75, 3.05) is 20.3 Å². The summed E-state index contributed by atoms with van der Waals surface area (Å²) in [5, 5.41) is 8.56. The second-order valence-electron chi connectivity index (χ2n) is 2.43. The Morgan fingerprint density at radius 2 is 2.38 bits per heavy atom. The summed E-state index contributed by atoms with van der Waals surface area (Å²) in [6, 6.07) is -0.785. The minimum atomic E-state index is -4.10. The Morgan fingerprint density at radius 3 is 2.85 bits per heavy atom. The number of hydrogen-bond donors (Lipinski definition) is 1. The molecule has 76 valence electrons. The fraction of sp³-hybridized carbons (Fsp3) is 0.800. The average molecular weight is 211 g/mol. The van der Waals surface area contributed by atoms with E-state index in [9.17, 15) is 13.2 Å². The third kappa shape index (κ3) is 1.90. The lowest BCUT2D eigenvalue weighted by Crippen LogP contribution is -2.40. The van der Waals surface area contributed by atoms with Crippen LogP contribution in [0.5, 0.6) is 0 Å². The Balaban J connectivity index is 2.86. The molecule has 1 saturated heterocycles. The Bertz CT molecular complexity index is 298.